The van der Waals surface area contributed by atoms with Crippen LogP contribution < -0.4 is 5.73 Å². The molecule has 1 aromatic rings. The fourth-order valence-electron chi connectivity index (χ4n) is 1.09. The molecule has 0 radical (unpaired) electrons. The van der Waals surface area contributed by atoms with Crippen molar-refractivity contribution in [2.24, 2.45) is 0 Å². The van der Waals surface area contributed by atoms with Gasteiger partial charge in [-0.15, -0.1) is 6.42 Å². The molecular formula is C11H11NO2. The summed E-state index contributed by atoms with van der Waals surface area (Å²) in [5.41, 5.74) is 7.52. The maximum Gasteiger partial charge on any atom is 0.150 e. The van der Waals surface area contributed by atoms with Gasteiger partial charge in [0.2, 0.25) is 0 Å². The van der Waals surface area contributed by atoms with Crippen molar-refractivity contribution in [2.75, 3.05) is 12.3 Å². The SMILES string of the molecule is C#CCOCc1cc(N)ccc1C=O. The van der Waals surface area contributed by atoms with E-state index in [1.807, 2.05) is 0 Å². The Morgan fingerprint density at radius 3 is 3.00 bits per heavy atom. The largest absolute Gasteiger partial charge is 0.399 e. The van der Waals surface area contributed by atoms with E-state index in [1.165, 1.54) is 0 Å². The van der Waals surface area contributed by atoms with E-state index in [9.17, 15) is 4.79 Å². The van der Waals surface area contributed by atoms with E-state index in [0.29, 0.717) is 17.9 Å². The maximum absolute atomic E-state index is 10.6. The summed E-state index contributed by atoms with van der Waals surface area (Å²) < 4.78 is 5.12. The van der Waals surface area contributed by atoms with Gasteiger partial charge in [-0.3, -0.25) is 4.79 Å². The minimum Gasteiger partial charge on any atom is -0.399 e. The number of nitrogen functional groups attached to an aromatic ring is 1. The summed E-state index contributed by atoms with van der Waals surface area (Å²) in [6, 6.07) is 5.05. The van der Waals surface area contributed by atoms with Crippen LogP contribution >= 0.6 is 0 Å². The molecule has 0 heterocycles. The second kappa shape index (κ2) is 5.05. The molecule has 2 N–H and O–H groups in total. The third-order valence-electron chi connectivity index (χ3n) is 1.74. The molecule has 0 saturated carbocycles. The molecule has 72 valence electrons. The highest BCUT2D eigenvalue weighted by Crippen LogP contribution is 2.12. The van der Waals surface area contributed by atoms with Gasteiger partial charge in [0.05, 0.1) is 6.61 Å². The lowest BCUT2D eigenvalue weighted by molar-refractivity contribution is 0.111. The van der Waals surface area contributed by atoms with Gasteiger partial charge in [-0.25, -0.2) is 0 Å². The van der Waals surface area contributed by atoms with Crippen LogP contribution in [0.1, 0.15) is 15.9 Å². The number of terminal acetylenes is 1. The Balaban J connectivity index is 2.78. The fraction of sp³-hybridized carbons (Fsp3) is 0.182. The van der Waals surface area contributed by atoms with Crippen LogP contribution in [0, 0.1) is 12.3 Å². The predicted molar refractivity (Wildman–Crippen MR) is 54.7 cm³/mol. The van der Waals surface area contributed by atoms with E-state index in [1.54, 1.807) is 18.2 Å². The summed E-state index contributed by atoms with van der Waals surface area (Å²) in [5.74, 6) is 2.35. The van der Waals surface area contributed by atoms with Crippen LogP contribution in [0.5, 0.6) is 0 Å². The standard InChI is InChI=1S/C11H11NO2/c1-2-5-14-8-10-6-11(12)4-3-9(10)7-13/h1,3-4,6-7H,5,8,12H2. The molecule has 0 saturated heterocycles. The topological polar surface area (TPSA) is 52.3 Å². The molecule has 0 aliphatic heterocycles. The summed E-state index contributed by atoms with van der Waals surface area (Å²) in [6.07, 6.45) is 5.80. The zero-order chi connectivity index (χ0) is 10.4. The van der Waals surface area contributed by atoms with Crippen LogP contribution in [-0.4, -0.2) is 12.9 Å². The lowest BCUT2D eigenvalue weighted by Gasteiger charge is -2.05. The summed E-state index contributed by atoms with van der Waals surface area (Å²) in [5, 5.41) is 0. The number of carbonyl (C=O) groups excluding carboxylic acids is 1. The Bertz CT molecular complexity index is 366. The van der Waals surface area contributed by atoms with E-state index in [4.69, 9.17) is 16.9 Å². The van der Waals surface area contributed by atoms with Gasteiger partial charge in [0.25, 0.3) is 0 Å². The van der Waals surface area contributed by atoms with Gasteiger partial charge in [0.1, 0.15) is 12.9 Å². The minimum atomic E-state index is 0.229. The molecule has 0 atom stereocenters. The van der Waals surface area contributed by atoms with Crippen molar-refractivity contribution in [3.8, 4) is 12.3 Å². The summed E-state index contributed by atoms with van der Waals surface area (Å²) in [7, 11) is 0. The minimum absolute atomic E-state index is 0.229. The molecule has 14 heavy (non-hydrogen) atoms. The zero-order valence-electron chi connectivity index (χ0n) is 7.69. The molecule has 1 aromatic carbocycles. The van der Waals surface area contributed by atoms with E-state index in [0.717, 1.165) is 11.8 Å². The van der Waals surface area contributed by atoms with Crippen molar-refractivity contribution in [2.45, 2.75) is 6.61 Å². The van der Waals surface area contributed by atoms with Gasteiger partial charge in [-0.1, -0.05) is 5.92 Å². The van der Waals surface area contributed by atoms with Gasteiger partial charge >= 0.3 is 0 Å². The Morgan fingerprint density at radius 1 is 1.57 bits per heavy atom. The van der Waals surface area contributed by atoms with Crippen LogP contribution in [0.15, 0.2) is 18.2 Å². The van der Waals surface area contributed by atoms with Crippen LogP contribution in [-0.2, 0) is 11.3 Å². The Labute approximate surface area is 82.9 Å². The molecule has 0 aliphatic carbocycles. The summed E-state index contributed by atoms with van der Waals surface area (Å²) in [4.78, 5) is 10.6. The Hall–Kier alpha value is -1.79. The van der Waals surface area contributed by atoms with Crippen LogP contribution in [0.2, 0.25) is 0 Å². The first-order valence-corrected chi connectivity index (χ1v) is 4.12. The van der Waals surface area contributed by atoms with Gasteiger partial charge in [0.15, 0.2) is 0 Å². The number of ether oxygens (including phenoxy) is 1. The normalized spacial score (nSPS) is 9.36. The summed E-state index contributed by atoms with van der Waals surface area (Å²) >= 11 is 0. The molecule has 1 rings (SSSR count). The molecule has 3 heteroatoms. The van der Waals surface area contributed by atoms with E-state index >= 15 is 0 Å². The number of hydrogen-bond acceptors (Lipinski definition) is 3. The maximum atomic E-state index is 10.6. The van der Waals surface area contributed by atoms with Gasteiger partial charge in [-0.2, -0.15) is 0 Å². The highest BCUT2D eigenvalue weighted by atomic mass is 16.5. The van der Waals surface area contributed by atoms with Crippen molar-refractivity contribution in [3.63, 3.8) is 0 Å². The number of hydrogen-bond donors (Lipinski definition) is 1. The van der Waals surface area contributed by atoms with E-state index < -0.39 is 0 Å². The first kappa shape index (κ1) is 10.3. The highest BCUT2D eigenvalue weighted by molar-refractivity contribution is 5.78. The van der Waals surface area contributed by atoms with Crippen molar-refractivity contribution < 1.29 is 9.53 Å². The van der Waals surface area contributed by atoms with Crippen molar-refractivity contribution in [3.05, 3.63) is 29.3 Å². The number of benzene rings is 1. The predicted octanol–water partition coefficient (Wildman–Crippen LogP) is 1.23. The lowest BCUT2D eigenvalue weighted by atomic mass is 10.1. The molecule has 0 spiro atoms. The fourth-order valence-corrected chi connectivity index (χ4v) is 1.09. The summed E-state index contributed by atoms with van der Waals surface area (Å²) in [6.45, 7) is 0.538. The quantitative estimate of drug-likeness (QED) is 0.335. The van der Waals surface area contributed by atoms with E-state index in [2.05, 4.69) is 5.92 Å². The molecule has 0 aromatic heterocycles. The van der Waals surface area contributed by atoms with E-state index in [-0.39, 0.29) is 6.61 Å². The molecular weight excluding hydrogens is 178 g/mol. The number of aldehydes is 1. The van der Waals surface area contributed by atoms with Crippen molar-refractivity contribution >= 4 is 12.0 Å². The lowest BCUT2D eigenvalue weighted by Crippen LogP contribution is -1.99. The molecule has 0 unspecified atom stereocenters. The van der Waals surface area contributed by atoms with Gasteiger partial charge in [0, 0.05) is 11.3 Å². The third kappa shape index (κ3) is 2.61. The highest BCUT2D eigenvalue weighted by Gasteiger charge is 2.01. The average molecular weight is 189 g/mol. The van der Waals surface area contributed by atoms with Crippen molar-refractivity contribution in [1.82, 2.24) is 0 Å². The zero-order valence-corrected chi connectivity index (χ0v) is 7.69. The molecule has 3 nitrogen and oxygen atoms in total. The van der Waals surface area contributed by atoms with Crippen molar-refractivity contribution in [1.29, 1.82) is 0 Å². The monoisotopic (exact) mass is 189 g/mol. The van der Waals surface area contributed by atoms with Crippen LogP contribution in [0.25, 0.3) is 0 Å². The smallest absolute Gasteiger partial charge is 0.150 e. The number of anilines is 1. The number of rotatable bonds is 4. The van der Waals surface area contributed by atoms with Gasteiger partial charge < -0.3 is 10.5 Å². The number of nitrogens with two attached hydrogens (primary N) is 1. The Morgan fingerprint density at radius 2 is 2.36 bits per heavy atom. The van der Waals surface area contributed by atoms with Gasteiger partial charge in [-0.05, 0) is 23.8 Å². The second-order valence-electron chi connectivity index (χ2n) is 2.77. The molecule has 0 bridgehead atoms. The molecule has 0 fully saturated rings. The molecule has 0 amide bonds. The Kier molecular flexibility index (Phi) is 3.71. The third-order valence-corrected chi connectivity index (χ3v) is 1.74. The second-order valence-corrected chi connectivity index (χ2v) is 2.77. The molecule has 0 aliphatic rings. The van der Waals surface area contributed by atoms with Crippen LogP contribution in [0.4, 0.5) is 5.69 Å². The number of carbonyl (C=O) groups is 1. The first-order chi connectivity index (χ1) is 6.77. The van der Waals surface area contributed by atoms with Crippen LogP contribution in [0.3, 0.4) is 0 Å². The average Bonchev–Trinajstić information content (AvgIpc) is 2.19. The first-order valence-electron chi connectivity index (χ1n) is 4.12.